The summed E-state index contributed by atoms with van der Waals surface area (Å²) in [7, 11) is 1.51. The Morgan fingerprint density at radius 3 is 2.56 bits per heavy atom. The van der Waals surface area contributed by atoms with Crippen molar-refractivity contribution in [3.63, 3.8) is 0 Å². The number of carbonyl (C=O) groups is 1. The number of ether oxygens (including phenoxy) is 1. The Kier molecular flexibility index (Phi) is 5.22. The molecule has 1 aliphatic carbocycles. The zero-order chi connectivity index (χ0) is 12.0. The number of nitrogens with two attached hydrogens (primary N) is 1. The number of amides is 1. The third-order valence-electron chi connectivity index (χ3n) is 3.54. The van der Waals surface area contributed by atoms with Gasteiger partial charge >= 0.3 is 0 Å². The minimum absolute atomic E-state index is 0.0863. The molecule has 1 aliphatic rings. The lowest BCUT2D eigenvalue weighted by molar-refractivity contribution is -0.131. The smallest absolute Gasteiger partial charge is 0.250 e. The quantitative estimate of drug-likeness (QED) is 0.739. The molecule has 0 aromatic carbocycles. The lowest BCUT2D eigenvalue weighted by Crippen LogP contribution is -2.45. The summed E-state index contributed by atoms with van der Waals surface area (Å²) in [5, 5.41) is 2.95. The molecule has 0 saturated heterocycles. The van der Waals surface area contributed by atoms with Crippen LogP contribution in [0.4, 0.5) is 0 Å². The van der Waals surface area contributed by atoms with Crippen LogP contribution in [-0.2, 0) is 9.53 Å². The molecular weight excluding hydrogens is 204 g/mol. The molecule has 1 unspecified atom stereocenters. The van der Waals surface area contributed by atoms with Crippen molar-refractivity contribution in [1.82, 2.24) is 5.32 Å². The van der Waals surface area contributed by atoms with Gasteiger partial charge in [-0.3, -0.25) is 4.79 Å². The second-order valence-corrected chi connectivity index (χ2v) is 5.05. The summed E-state index contributed by atoms with van der Waals surface area (Å²) in [5.74, 6) is -0.0863. The Balaban J connectivity index is 2.35. The summed E-state index contributed by atoms with van der Waals surface area (Å²) in [6.45, 7) is 3.22. The van der Waals surface area contributed by atoms with Gasteiger partial charge < -0.3 is 15.8 Å². The highest BCUT2D eigenvalue weighted by Gasteiger charge is 2.28. The van der Waals surface area contributed by atoms with Crippen LogP contribution in [0, 0.1) is 5.41 Å². The van der Waals surface area contributed by atoms with Crippen molar-refractivity contribution >= 4 is 5.91 Å². The standard InChI is InChI=1S/C12H24N2O2/c1-12(6-4-3-5-7-12)9-14-11(15)10(8-13)16-2/h10H,3-9,13H2,1-2H3,(H,14,15). The molecule has 0 aromatic rings. The monoisotopic (exact) mass is 228 g/mol. The van der Waals surface area contributed by atoms with E-state index in [1.807, 2.05) is 0 Å². The Labute approximate surface area is 97.9 Å². The molecule has 1 saturated carbocycles. The van der Waals surface area contributed by atoms with Crippen molar-refractivity contribution < 1.29 is 9.53 Å². The van der Waals surface area contributed by atoms with Crippen molar-refractivity contribution in [1.29, 1.82) is 0 Å². The predicted octanol–water partition coefficient (Wildman–Crippen LogP) is 1.05. The first-order valence-electron chi connectivity index (χ1n) is 6.12. The van der Waals surface area contributed by atoms with E-state index >= 15 is 0 Å². The van der Waals surface area contributed by atoms with E-state index in [1.54, 1.807) is 0 Å². The highest BCUT2D eigenvalue weighted by molar-refractivity contribution is 5.81. The fourth-order valence-corrected chi connectivity index (χ4v) is 2.31. The molecule has 4 nitrogen and oxygen atoms in total. The Bertz CT molecular complexity index is 221. The fraction of sp³-hybridized carbons (Fsp3) is 0.917. The summed E-state index contributed by atoms with van der Waals surface area (Å²) in [6.07, 6.45) is 5.77. The molecule has 1 amide bonds. The van der Waals surface area contributed by atoms with E-state index in [2.05, 4.69) is 12.2 Å². The van der Waals surface area contributed by atoms with E-state index in [0.717, 1.165) is 6.54 Å². The molecule has 0 aliphatic heterocycles. The molecule has 0 heterocycles. The molecule has 3 N–H and O–H groups in total. The van der Waals surface area contributed by atoms with Crippen molar-refractivity contribution in [2.45, 2.75) is 45.1 Å². The summed E-state index contributed by atoms with van der Waals surface area (Å²) >= 11 is 0. The Hall–Kier alpha value is -0.610. The van der Waals surface area contributed by atoms with Crippen molar-refractivity contribution in [3.8, 4) is 0 Å². The maximum atomic E-state index is 11.7. The highest BCUT2D eigenvalue weighted by atomic mass is 16.5. The largest absolute Gasteiger partial charge is 0.370 e. The molecule has 0 spiro atoms. The van der Waals surface area contributed by atoms with Crippen molar-refractivity contribution in [2.75, 3.05) is 20.2 Å². The van der Waals surface area contributed by atoms with Crippen LogP contribution in [0.25, 0.3) is 0 Å². The van der Waals surface area contributed by atoms with Crippen LogP contribution in [0.5, 0.6) is 0 Å². The topological polar surface area (TPSA) is 64.3 Å². The zero-order valence-electron chi connectivity index (χ0n) is 10.4. The van der Waals surface area contributed by atoms with Crippen LogP contribution in [0.3, 0.4) is 0 Å². The van der Waals surface area contributed by atoms with Crippen LogP contribution >= 0.6 is 0 Å². The molecule has 0 aromatic heterocycles. The predicted molar refractivity (Wildman–Crippen MR) is 64.1 cm³/mol. The molecule has 1 rings (SSSR count). The van der Waals surface area contributed by atoms with Gasteiger partial charge in [0.2, 0.25) is 5.91 Å². The number of hydrogen-bond acceptors (Lipinski definition) is 3. The van der Waals surface area contributed by atoms with E-state index in [1.165, 1.54) is 39.2 Å². The second-order valence-electron chi connectivity index (χ2n) is 5.05. The van der Waals surface area contributed by atoms with Gasteiger partial charge in [0.25, 0.3) is 0 Å². The lowest BCUT2D eigenvalue weighted by Gasteiger charge is -2.34. The maximum Gasteiger partial charge on any atom is 0.250 e. The van der Waals surface area contributed by atoms with E-state index in [-0.39, 0.29) is 17.9 Å². The van der Waals surface area contributed by atoms with Gasteiger partial charge in [-0.2, -0.15) is 0 Å². The normalized spacial score (nSPS) is 21.4. The van der Waals surface area contributed by atoms with Gasteiger partial charge in [0.15, 0.2) is 0 Å². The van der Waals surface area contributed by atoms with E-state index in [4.69, 9.17) is 10.5 Å². The van der Waals surface area contributed by atoms with Gasteiger partial charge in [0.1, 0.15) is 6.10 Å². The first-order valence-corrected chi connectivity index (χ1v) is 6.12. The van der Waals surface area contributed by atoms with E-state index < -0.39 is 6.10 Å². The van der Waals surface area contributed by atoms with Crippen LogP contribution in [0.15, 0.2) is 0 Å². The minimum Gasteiger partial charge on any atom is -0.370 e. The molecule has 94 valence electrons. The summed E-state index contributed by atoms with van der Waals surface area (Å²) in [6, 6.07) is 0. The van der Waals surface area contributed by atoms with Gasteiger partial charge in [-0.15, -0.1) is 0 Å². The number of nitrogens with one attached hydrogen (secondary N) is 1. The fourth-order valence-electron chi connectivity index (χ4n) is 2.31. The first-order chi connectivity index (χ1) is 7.61. The number of hydrogen-bond donors (Lipinski definition) is 2. The molecule has 0 radical (unpaired) electrons. The van der Waals surface area contributed by atoms with Crippen LogP contribution in [-0.4, -0.2) is 32.2 Å². The van der Waals surface area contributed by atoms with Gasteiger partial charge in [0, 0.05) is 20.2 Å². The van der Waals surface area contributed by atoms with Crippen molar-refractivity contribution in [2.24, 2.45) is 11.1 Å². The first kappa shape index (κ1) is 13.5. The Morgan fingerprint density at radius 1 is 1.44 bits per heavy atom. The minimum atomic E-state index is -0.507. The van der Waals surface area contributed by atoms with Crippen LogP contribution in [0.1, 0.15) is 39.0 Å². The molecule has 4 heteroatoms. The average molecular weight is 228 g/mol. The third kappa shape index (κ3) is 3.76. The van der Waals surface area contributed by atoms with E-state index in [0.29, 0.717) is 0 Å². The third-order valence-corrected chi connectivity index (χ3v) is 3.54. The molecule has 16 heavy (non-hydrogen) atoms. The molecule has 0 bridgehead atoms. The summed E-state index contributed by atoms with van der Waals surface area (Å²) in [5.41, 5.74) is 5.70. The van der Waals surface area contributed by atoms with Gasteiger partial charge in [-0.05, 0) is 18.3 Å². The zero-order valence-corrected chi connectivity index (χ0v) is 10.4. The second kappa shape index (κ2) is 6.21. The maximum absolute atomic E-state index is 11.7. The molecule has 1 fully saturated rings. The number of carbonyl (C=O) groups excluding carboxylic acids is 1. The summed E-state index contributed by atoms with van der Waals surface area (Å²) in [4.78, 5) is 11.7. The van der Waals surface area contributed by atoms with Crippen molar-refractivity contribution in [3.05, 3.63) is 0 Å². The average Bonchev–Trinajstić information content (AvgIpc) is 2.29. The summed E-state index contributed by atoms with van der Waals surface area (Å²) < 4.78 is 5.00. The highest BCUT2D eigenvalue weighted by Crippen LogP contribution is 2.34. The molecule has 1 atom stereocenters. The van der Waals surface area contributed by atoms with Gasteiger partial charge in [0.05, 0.1) is 0 Å². The van der Waals surface area contributed by atoms with E-state index in [9.17, 15) is 4.79 Å². The van der Waals surface area contributed by atoms with Crippen LogP contribution < -0.4 is 11.1 Å². The SMILES string of the molecule is COC(CN)C(=O)NCC1(C)CCCCC1. The Morgan fingerprint density at radius 2 is 2.06 bits per heavy atom. The van der Waals surface area contributed by atoms with Gasteiger partial charge in [-0.1, -0.05) is 26.2 Å². The van der Waals surface area contributed by atoms with Crippen LogP contribution in [0.2, 0.25) is 0 Å². The number of methoxy groups -OCH3 is 1. The number of rotatable bonds is 5. The lowest BCUT2D eigenvalue weighted by atomic mass is 9.76. The molecular formula is C12H24N2O2. The van der Waals surface area contributed by atoms with Gasteiger partial charge in [-0.25, -0.2) is 0 Å².